The maximum Gasteiger partial charge on any atom is 0.169 e. The standard InChI is InChI=1S/C16H19N5O2/c17-16-14(21-6-10-8-23-9-11(7-21)18-10)5-13(19-20-16)12-3-1-2-4-15(12)22/h1-5,10-11,18,22H,6-9H2,(H2,17,20)/t10-,11+. The average Bonchev–Trinajstić information content (AvgIpc) is 2.55. The first-order valence-corrected chi connectivity index (χ1v) is 7.71. The summed E-state index contributed by atoms with van der Waals surface area (Å²) in [5, 5.41) is 21.8. The Morgan fingerprint density at radius 2 is 1.91 bits per heavy atom. The summed E-state index contributed by atoms with van der Waals surface area (Å²) in [5.74, 6) is 0.591. The zero-order valence-electron chi connectivity index (χ0n) is 12.6. The molecule has 0 saturated carbocycles. The molecule has 2 aliphatic rings. The van der Waals surface area contributed by atoms with Crippen molar-refractivity contribution >= 4 is 11.5 Å². The molecule has 2 aliphatic heterocycles. The van der Waals surface area contributed by atoms with Crippen LogP contribution in [0, 0.1) is 0 Å². The van der Waals surface area contributed by atoms with Gasteiger partial charge in [0.05, 0.1) is 24.6 Å². The highest BCUT2D eigenvalue weighted by molar-refractivity contribution is 5.74. The number of nitrogens with two attached hydrogens (primary N) is 1. The first kappa shape index (κ1) is 14.2. The number of aromatic nitrogens is 2. The number of nitrogen functional groups attached to an aromatic ring is 1. The lowest BCUT2D eigenvalue weighted by Gasteiger charge is -2.43. The molecule has 0 unspecified atom stereocenters. The Labute approximate surface area is 134 Å². The molecule has 2 saturated heterocycles. The van der Waals surface area contributed by atoms with Gasteiger partial charge in [0, 0.05) is 30.7 Å². The number of aromatic hydroxyl groups is 1. The molecular formula is C16H19N5O2. The summed E-state index contributed by atoms with van der Waals surface area (Å²) in [6.45, 7) is 3.04. The fraction of sp³-hybridized carbons (Fsp3) is 0.375. The van der Waals surface area contributed by atoms with Crippen molar-refractivity contribution in [3.05, 3.63) is 30.3 Å². The molecule has 3 heterocycles. The summed E-state index contributed by atoms with van der Waals surface area (Å²) in [7, 11) is 0. The molecule has 7 heteroatoms. The zero-order valence-corrected chi connectivity index (χ0v) is 12.6. The lowest BCUT2D eigenvalue weighted by atomic mass is 10.1. The number of nitrogens with zero attached hydrogens (tertiary/aromatic N) is 3. The number of phenolic OH excluding ortho intramolecular Hbond substituents is 1. The molecule has 0 radical (unpaired) electrons. The smallest absolute Gasteiger partial charge is 0.169 e. The van der Waals surface area contributed by atoms with Crippen molar-refractivity contribution < 1.29 is 9.84 Å². The van der Waals surface area contributed by atoms with Crippen LogP contribution < -0.4 is 16.0 Å². The molecule has 4 rings (SSSR count). The van der Waals surface area contributed by atoms with E-state index in [2.05, 4.69) is 20.4 Å². The molecule has 1 aromatic heterocycles. The number of nitrogens with one attached hydrogen (secondary N) is 1. The molecule has 7 nitrogen and oxygen atoms in total. The molecule has 2 fully saturated rings. The van der Waals surface area contributed by atoms with Gasteiger partial charge >= 0.3 is 0 Å². The minimum absolute atomic E-state index is 0.183. The number of hydrogen-bond donors (Lipinski definition) is 3. The molecule has 0 amide bonds. The van der Waals surface area contributed by atoms with Crippen molar-refractivity contribution in [2.45, 2.75) is 12.1 Å². The van der Waals surface area contributed by atoms with Crippen LogP contribution in [0.5, 0.6) is 5.75 Å². The quantitative estimate of drug-likeness (QED) is 0.747. The molecule has 120 valence electrons. The van der Waals surface area contributed by atoms with Gasteiger partial charge in [-0.2, -0.15) is 0 Å². The largest absolute Gasteiger partial charge is 0.507 e. The van der Waals surface area contributed by atoms with Gasteiger partial charge in [0.15, 0.2) is 5.82 Å². The van der Waals surface area contributed by atoms with Crippen molar-refractivity contribution in [1.82, 2.24) is 15.5 Å². The van der Waals surface area contributed by atoms with Crippen LogP contribution in [-0.2, 0) is 4.74 Å². The van der Waals surface area contributed by atoms with Gasteiger partial charge in [0.25, 0.3) is 0 Å². The fourth-order valence-electron chi connectivity index (χ4n) is 3.26. The number of ether oxygens (including phenoxy) is 1. The van der Waals surface area contributed by atoms with E-state index in [1.807, 2.05) is 18.2 Å². The van der Waals surface area contributed by atoms with E-state index < -0.39 is 0 Å². The topological polar surface area (TPSA) is 96.5 Å². The van der Waals surface area contributed by atoms with Crippen LogP contribution in [0.25, 0.3) is 11.3 Å². The zero-order chi connectivity index (χ0) is 15.8. The molecular weight excluding hydrogens is 294 g/mol. The summed E-state index contributed by atoms with van der Waals surface area (Å²) in [4.78, 5) is 2.22. The summed E-state index contributed by atoms with van der Waals surface area (Å²) >= 11 is 0. The van der Waals surface area contributed by atoms with Gasteiger partial charge in [-0.05, 0) is 18.2 Å². The van der Waals surface area contributed by atoms with Gasteiger partial charge in [0.1, 0.15) is 5.75 Å². The predicted octanol–water partition coefficient (Wildman–Crippen LogP) is 0.608. The maximum atomic E-state index is 10.0. The number of para-hydroxylation sites is 1. The van der Waals surface area contributed by atoms with Crippen molar-refractivity contribution in [2.24, 2.45) is 0 Å². The average molecular weight is 313 g/mol. The van der Waals surface area contributed by atoms with E-state index in [-0.39, 0.29) is 5.75 Å². The fourth-order valence-corrected chi connectivity index (χ4v) is 3.26. The Hall–Kier alpha value is -2.38. The van der Waals surface area contributed by atoms with Crippen LogP contribution in [0.2, 0.25) is 0 Å². The number of rotatable bonds is 2. The number of piperazine rings is 1. The van der Waals surface area contributed by atoms with Crippen LogP contribution in [0.15, 0.2) is 30.3 Å². The molecule has 0 spiro atoms. The molecule has 23 heavy (non-hydrogen) atoms. The summed E-state index contributed by atoms with van der Waals surface area (Å²) in [5.41, 5.74) is 8.19. The monoisotopic (exact) mass is 313 g/mol. The minimum atomic E-state index is 0.183. The highest BCUT2D eigenvalue weighted by Gasteiger charge is 2.31. The normalized spacial score (nSPS) is 23.7. The second-order valence-corrected chi connectivity index (χ2v) is 6.02. The van der Waals surface area contributed by atoms with E-state index in [9.17, 15) is 5.11 Å². The molecule has 2 aromatic rings. The number of anilines is 2. The van der Waals surface area contributed by atoms with Gasteiger partial charge in [-0.15, -0.1) is 10.2 Å². The number of morpholine rings is 1. The van der Waals surface area contributed by atoms with Crippen molar-refractivity contribution in [1.29, 1.82) is 0 Å². The van der Waals surface area contributed by atoms with Crippen LogP contribution in [0.4, 0.5) is 11.5 Å². The first-order valence-electron chi connectivity index (χ1n) is 7.71. The highest BCUT2D eigenvalue weighted by Crippen LogP contribution is 2.32. The van der Waals surface area contributed by atoms with Gasteiger partial charge in [-0.3, -0.25) is 0 Å². The SMILES string of the molecule is Nc1nnc(-c2ccccc2O)cc1N1C[C@H]2COC[C@@H](C1)N2. The molecule has 2 bridgehead atoms. The maximum absolute atomic E-state index is 10.0. The van der Waals surface area contributed by atoms with Gasteiger partial charge in [-0.25, -0.2) is 0 Å². The van der Waals surface area contributed by atoms with E-state index in [1.54, 1.807) is 12.1 Å². The van der Waals surface area contributed by atoms with Crippen molar-refractivity contribution in [3.8, 4) is 17.0 Å². The van der Waals surface area contributed by atoms with Crippen LogP contribution in [0.3, 0.4) is 0 Å². The summed E-state index contributed by atoms with van der Waals surface area (Å²) < 4.78 is 5.58. The number of phenols is 1. The third kappa shape index (κ3) is 2.69. The molecule has 2 atom stereocenters. The lowest BCUT2D eigenvalue weighted by Crippen LogP contribution is -2.63. The third-order valence-electron chi connectivity index (χ3n) is 4.31. The Morgan fingerprint density at radius 3 is 2.65 bits per heavy atom. The van der Waals surface area contributed by atoms with Crippen LogP contribution >= 0.6 is 0 Å². The minimum Gasteiger partial charge on any atom is -0.507 e. The Bertz CT molecular complexity index is 711. The van der Waals surface area contributed by atoms with Gasteiger partial charge in [-0.1, -0.05) is 12.1 Å². The second-order valence-electron chi connectivity index (χ2n) is 6.02. The lowest BCUT2D eigenvalue weighted by molar-refractivity contribution is 0.0376. The van der Waals surface area contributed by atoms with E-state index >= 15 is 0 Å². The Kier molecular flexibility index (Phi) is 3.51. The first-order chi connectivity index (χ1) is 11.2. The van der Waals surface area contributed by atoms with E-state index in [0.717, 1.165) is 18.8 Å². The van der Waals surface area contributed by atoms with Crippen molar-refractivity contribution in [3.63, 3.8) is 0 Å². The molecule has 0 aliphatic carbocycles. The van der Waals surface area contributed by atoms with Crippen LogP contribution in [-0.4, -0.2) is 53.7 Å². The summed E-state index contributed by atoms with van der Waals surface area (Å²) in [6, 6.07) is 9.59. The van der Waals surface area contributed by atoms with E-state index in [1.165, 1.54) is 0 Å². The van der Waals surface area contributed by atoms with Gasteiger partial charge < -0.3 is 25.8 Å². The number of hydrogen-bond acceptors (Lipinski definition) is 7. The third-order valence-corrected chi connectivity index (χ3v) is 4.31. The van der Waals surface area contributed by atoms with E-state index in [0.29, 0.717) is 42.4 Å². The van der Waals surface area contributed by atoms with E-state index in [4.69, 9.17) is 10.5 Å². The Morgan fingerprint density at radius 1 is 1.17 bits per heavy atom. The van der Waals surface area contributed by atoms with Crippen LogP contribution in [0.1, 0.15) is 0 Å². The molecule has 4 N–H and O–H groups in total. The van der Waals surface area contributed by atoms with Gasteiger partial charge in [0.2, 0.25) is 0 Å². The predicted molar refractivity (Wildman–Crippen MR) is 87.3 cm³/mol. The summed E-state index contributed by atoms with van der Waals surface area (Å²) in [6.07, 6.45) is 0. The highest BCUT2D eigenvalue weighted by atomic mass is 16.5. The Balaban J connectivity index is 1.69. The van der Waals surface area contributed by atoms with Crippen molar-refractivity contribution in [2.75, 3.05) is 36.9 Å². The second kappa shape index (κ2) is 5.68. The number of benzene rings is 1. The molecule has 1 aromatic carbocycles. The number of fused-ring (bicyclic) bond motifs is 2.